The first-order valence-corrected chi connectivity index (χ1v) is 6.74. The summed E-state index contributed by atoms with van der Waals surface area (Å²) in [5.74, 6) is 0. The highest BCUT2D eigenvalue weighted by Crippen LogP contribution is 2.14. The molecule has 3 nitrogen and oxygen atoms in total. The topological polar surface area (TPSA) is 32.5 Å². The summed E-state index contributed by atoms with van der Waals surface area (Å²) in [7, 11) is 4.50. The number of hydrogen-bond acceptors (Lipinski definition) is 3. The molecule has 0 aliphatic carbocycles. The molecule has 1 aliphatic heterocycles. The minimum Gasteiger partial charge on any atom is -0.328 e. The van der Waals surface area contributed by atoms with Crippen molar-refractivity contribution in [3.8, 4) is 0 Å². The maximum atomic E-state index is 5.75. The fourth-order valence-electron chi connectivity index (χ4n) is 2.45. The van der Waals surface area contributed by atoms with Gasteiger partial charge in [-0.3, -0.25) is 0 Å². The van der Waals surface area contributed by atoms with Crippen molar-refractivity contribution < 1.29 is 0 Å². The van der Waals surface area contributed by atoms with E-state index in [-0.39, 0.29) is 0 Å². The van der Waals surface area contributed by atoms with Gasteiger partial charge in [0.15, 0.2) is 0 Å². The van der Waals surface area contributed by atoms with Gasteiger partial charge in [0.1, 0.15) is 0 Å². The van der Waals surface area contributed by atoms with E-state index in [0.717, 1.165) is 6.04 Å². The Hall–Kier alpha value is -0.120. The smallest absolute Gasteiger partial charge is 0.0117 e. The molecule has 1 atom stereocenters. The van der Waals surface area contributed by atoms with Crippen LogP contribution in [-0.4, -0.2) is 55.6 Å². The second-order valence-electron chi connectivity index (χ2n) is 5.49. The Labute approximate surface area is 101 Å². The van der Waals surface area contributed by atoms with Crippen LogP contribution in [0.15, 0.2) is 0 Å². The Balaban J connectivity index is 2.08. The Bertz CT molecular complexity index is 174. The number of likely N-dealkylation sites (tertiary alicyclic amines) is 1. The van der Waals surface area contributed by atoms with Crippen LogP contribution in [0.3, 0.4) is 0 Å². The maximum Gasteiger partial charge on any atom is 0.0117 e. The number of unbranched alkanes of at least 4 members (excludes halogenated alkanes) is 1. The fourth-order valence-corrected chi connectivity index (χ4v) is 2.45. The fraction of sp³-hybridized carbons (Fsp3) is 1.00. The van der Waals surface area contributed by atoms with Crippen molar-refractivity contribution in [1.82, 2.24) is 9.80 Å². The summed E-state index contributed by atoms with van der Waals surface area (Å²) in [6.07, 6.45) is 6.40. The normalized spacial score (nSPS) is 21.6. The molecule has 3 heteroatoms. The highest BCUT2D eigenvalue weighted by atomic mass is 15.2. The molecule has 1 rings (SSSR count). The van der Waals surface area contributed by atoms with E-state index >= 15 is 0 Å². The zero-order chi connectivity index (χ0) is 12.0. The molecule has 1 heterocycles. The van der Waals surface area contributed by atoms with E-state index in [1.807, 2.05) is 0 Å². The molecule has 96 valence electrons. The average Bonchev–Trinajstić information content (AvgIpc) is 2.25. The van der Waals surface area contributed by atoms with Crippen LogP contribution in [0, 0.1) is 0 Å². The van der Waals surface area contributed by atoms with Gasteiger partial charge in [0, 0.05) is 12.1 Å². The van der Waals surface area contributed by atoms with Crippen molar-refractivity contribution in [3.05, 3.63) is 0 Å². The zero-order valence-electron chi connectivity index (χ0n) is 11.3. The quantitative estimate of drug-likeness (QED) is 0.699. The second-order valence-corrected chi connectivity index (χ2v) is 5.49. The number of piperidine rings is 1. The molecule has 0 saturated carbocycles. The molecular weight excluding hydrogens is 198 g/mol. The van der Waals surface area contributed by atoms with Gasteiger partial charge in [0.2, 0.25) is 0 Å². The minimum atomic E-state index is 0.369. The number of hydrogen-bond donors (Lipinski definition) is 1. The summed E-state index contributed by atoms with van der Waals surface area (Å²) in [4.78, 5) is 4.98. The van der Waals surface area contributed by atoms with Gasteiger partial charge in [-0.25, -0.2) is 0 Å². The average molecular weight is 227 g/mol. The molecule has 0 amide bonds. The molecule has 0 aromatic carbocycles. The molecule has 0 spiro atoms. The third-order valence-corrected chi connectivity index (χ3v) is 3.73. The largest absolute Gasteiger partial charge is 0.328 e. The second kappa shape index (κ2) is 7.25. The van der Waals surface area contributed by atoms with Crippen LogP contribution < -0.4 is 5.73 Å². The van der Waals surface area contributed by atoms with E-state index in [1.54, 1.807) is 0 Å². The van der Waals surface area contributed by atoms with Crippen molar-refractivity contribution in [3.63, 3.8) is 0 Å². The van der Waals surface area contributed by atoms with Gasteiger partial charge >= 0.3 is 0 Å². The van der Waals surface area contributed by atoms with Crippen molar-refractivity contribution in [1.29, 1.82) is 0 Å². The van der Waals surface area contributed by atoms with E-state index in [1.165, 1.54) is 51.7 Å². The van der Waals surface area contributed by atoms with Gasteiger partial charge in [-0.05, 0) is 66.3 Å². The van der Waals surface area contributed by atoms with Crippen LogP contribution in [0.25, 0.3) is 0 Å². The summed E-state index contributed by atoms with van der Waals surface area (Å²) in [6, 6.07) is 1.18. The van der Waals surface area contributed by atoms with Crippen molar-refractivity contribution in [2.24, 2.45) is 5.73 Å². The minimum absolute atomic E-state index is 0.369. The lowest BCUT2D eigenvalue weighted by molar-refractivity contribution is 0.142. The molecule has 2 N–H and O–H groups in total. The van der Waals surface area contributed by atoms with E-state index in [9.17, 15) is 0 Å². The Kier molecular flexibility index (Phi) is 6.32. The highest BCUT2D eigenvalue weighted by Gasteiger charge is 2.19. The summed E-state index contributed by atoms with van der Waals surface area (Å²) in [5.41, 5.74) is 5.75. The van der Waals surface area contributed by atoms with Crippen LogP contribution in [0.2, 0.25) is 0 Å². The summed E-state index contributed by atoms with van der Waals surface area (Å²) >= 11 is 0. The molecule has 1 unspecified atom stereocenters. The van der Waals surface area contributed by atoms with Gasteiger partial charge in [-0.15, -0.1) is 0 Å². The SMILES string of the molecule is CC(N)CCCCN(C)C1CCN(C)CC1. The monoisotopic (exact) mass is 227 g/mol. The molecule has 1 saturated heterocycles. The van der Waals surface area contributed by atoms with E-state index in [2.05, 4.69) is 30.8 Å². The molecule has 16 heavy (non-hydrogen) atoms. The van der Waals surface area contributed by atoms with Crippen LogP contribution in [0.1, 0.15) is 39.0 Å². The zero-order valence-corrected chi connectivity index (χ0v) is 11.3. The Morgan fingerprint density at radius 1 is 1.31 bits per heavy atom. The molecular formula is C13H29N3. The van der Waals surface area contributed by atoms with Crippen molar-refractivity contribution >= 4 is 0 Å². The molecule has 1 fully saturated rings. The van der Waals surface area contributed by atoms with Crippen LogP contribution in [0.4, 0.5) is 0 Å². The molecule has 0 bridgehead atoms. The molecule has 0 radical (unpaired) electrons. The van der Waals surface area contributed by atoms with E-state index in [4.69, 9.17) is 5.73 Å². The molecule has 0 aromatic heterocycles. The maximum absolute atomic E-state index is 5.75. The predicted octanol–water partition coefficient (Wildman–Crippen LogP) is 1.53. The summed E-state index contributed by atoms with van der Waals surface area (Å²) in [6.45, 7) is 5.85. The number of nitrogens with two attached hydrogens (primary N) is 1. The van der Waals surface area contributed by atoms with Crippen LogP contribution in [0.5, 0.6) is 0 Å². The van der Waals surface area contributed by atoms with E-state index < -0.39 is 0 Å². The van der Waals surface area contributed by atoms with Gasteiger partial charge in [0.25, 0.3) is 0 Å². The van der Waals surface area contributed by atoms with Crippen LogP contribution in [-0.2, 0) is 0 Å². The van der Waals surface area contributed by atoms with Crippen molar-refractivity contribution in [2.45, 2.75) is 51.1 Å². The number of rotatable bonds is 6. The summed E-state index contributed by atoms with van der Waals surface area (Å²) in [5, 5.41) is 0. The third-order valence-electron chi connectivity index (χ3n) is 3.73. The van der Waals surface area contributed by atoms with Gasteiger partial charge in [-0.2, -0.15) is 0 Å². The Morgan fingerprint density at radius 3 is 2.50 bits per heavy atom. The molecule has 1 aliphatic rings. The lowest BCUT2D eigenvalue weighted by atomic mass is 10.0. The first-order valence-electron chi connectivity index (χ1n) is 6.74. The van der Waals surface area contributed by atoms with E-state index in [0.29, 0.717) is 6.04 Å². The van der Waals surface area contributed by atoms with Gasteiger partial charge in [-0.1, -0.05) is 6.42 Å². The predicted molar refractivity (Wildman–Crippen MR) is 70.6 cm³/mol. The molecule has 0 aromatic rings. The first kappa shape index (κ1) is 13.9. The van der Waals surface area contributed by atoms with Gasteiger partial charge in [0.05, 0.1) is 0 Å². The van der Waals surface area contributed by atoms with Gasteiger partial charge < -0.3 is 15.5 Å². The highest BCUT2D eigenvalue weighted by molar-refractivity contribution is 4.76. The third kappa shape index (κ3) is 5.28. The lowest BCUT2D eigenvalue weighted by Crippen LogP contribution is -2.42. The first-order chi connectivity index (χ1) is 7.59. The number of nitrogens with zero attached hydrogens (tertiary/aromatic N) is 2. The van der Waals surface area contributed by atoms with Crippen molar-refractivity contribution in [2.75, 3.05) is 33.7 Å². The Morgan fingerprint density at radius 2 is 1.94 bits per heavy atom. The van der Waals surface area contributed by atoms with Crippen LogP contribution >= 0.6 is 0 Å². The standard InChI is InChI=1S/C13H29N3/c1-12(14)6-4-5-9-16(3)13-7-10-15(2)11-8-13/h12-13H,4-11,14H2,1-3H3. The lowest BCUT2D eigenvalue weighted by Gasteiger charge is -2.35. The summed E-state index contributed by atoms with van der Waals surface area (Å²) < 4.78 is 0.